The molecule has 5 heteroatoms. The number of carbonyl (C=O) groups is 1. The first kappa shape index (κ1) is 17.2. The number of benzene rings is 1. The van der Waals surface area contributed by atoms with E-state index in [4.69, 9.17) is 11.6 Å². The molecule has 0 unspecified atom stereocenters. The maximum atomic E-state index is 13.0. The van der Waals surface area contributed by atoms with E-state index in [-0.39, 0.29) is 17.0 Å². The second kappa shape index (κ2) is 7.42. The molecule has 0 spiro atoms. The van der Waals surface area contributed by atoms with Gasteiger partial charge in [0, 0.05) is 6.04 Å². The molecule has 1 aromatic rings. The third-order valence-electron chi connectivity index (χ3n) is 4.75. The van der Waals surface area contributed by atoms with Crippen LogP contribution in [-0.2, 0) is 4.79 Å². The first-order valence-corrected chi connectivity index (χ1v) is 8.28. The minimum absolute atomic E-state index is 0.154. The summed E-state index contributed by atoms with van der Waals surface area (Å²) in [4.78, 5) is 12.3. The fraction of sp³-hybridized carbons (Fsp3) is 0.588. The van der Waals surface area contributed by atoms with E-state index in [2.05, 4.69) is 24.5 Å². The molecule has 0 saturated heterocycles. The Balaban J connectivity index is 1.94. The third-order valence-corrected chi connectivity index (χ3v) is 5.07. The van der Waals surface area contributed by atoms with Gasteiger partial charge >= 0.3 is 0 Å². The van der Waals surface area contributed by atoms with Crippen LogP contribution >= 0.6 is 11.6 Å². The molecule has 0 radical (unpaired) electrons. The molecule has 0 bridgehead atoms. The standard InChI is InChI=1S/C17H24ClFN2O/c1-10-5-4-6-15(11(10)2)20-12(3)17(22)21-16-8-7-13(19)9-14(16)18/h7-12,15,20H,4-6H2,1-3H3,(H,21,22)/t10-,11-,12+,15-/m1/s1. The summed E-state index contributed by atoms with van der Waals surface area (Å²) < 4.78 is 13.0. The highest BCUT2D eigenvalue weighted by Gasteiger charge is 2.29. The third kappa shape index (κ3) is 4.20. The first-order chi connectivity index (χ1) is 10.4. The lowest BCUT2D eigenvalue weighted by Gasteiger charge is -2.36. The van der Waals surface area contributed by atoms with Crippen molar-refractivity contribution in [2.75, 3.05) is 5.32 Å². The molecule has 0 heterocycles. The number of rotatable bonds is 4. The van der Waals surface area contributed by atoms with Crippen molar-refractivity contribution < 1.29 is 9.18 Å². The summed E-state index contributed by atoms with van der Waals surface area (Å²) >= 11 is 5.94. The smallest absolute Gasteiger partial charge is 0.241 e. The van der Waals surface area contributed by atoms with Crippen molar-refractivity contribution in [1.82, 2.24) is 5.32 Å². The highest BCUT2D eigenvalue weighted by atomic mass is 35.5. The van der Waals surface area contributed by atoms with Gasteiger partial charge in [0.05, 0.1) is 16.8 Å². The van der Waals surface area contributed by atoms with E-state index >= 15 is 0 Å². The zero-order valence-corrected chi connectivity index (χ0v) is 14.1. The highest BCUT2D eigenvalue weighted by Crippen LogP contribution is 2.30. The van der Waals surface area contributed by atoms with Gasteiger partial charge in [-0.2, -0.15) is 0 Å². The molecule has 1 aromatic carbocycles. The second-order valence-electron chi connectivity index (χ2n) is 6.38. The van der Waals surface area contributed by atoms with Gasteiger partial charge in [-0.3, -0.25) is 4.79 Å². The van der Waals surface area contributed by atoms with Crippen LogP contribution in [0, 0.1) is 17.7 Å². The molecule has 3 nitrogen and oxygen atoms in total. The average Bonchev–Trinajstić information content (AvgIpc) is 2.46. The lowest BCUT2D eigenvalue weighted by molar-refractivity contribution is -0.118. The van der Waals surface area contributed by atoms with Crippen LogP contribution in [-0.4, -0.2) is 18.0 Å². The molecule has 1 aliphatic rings. The van der Waals surface area contributed by atoms with E-state index < -0.39 is 5.82 Å². The summed E-state index contributed by atoms with van der Waals surface area (Å²) in [6.07, 6.45) is 3.55. The topological polar surface area (TPSA) is 41.1 Å². The maximum Gasteiger partial charge on any atom is 0.241 e. The summed E-state index contributed by atoms with van der Waals surface area (Å²) in [5, 5.41) is 6.38. The molecular weight excluding hydrogens is 303 g/mol. The molecule has 0 aromatic heterocycles. The number of hydrogen-bond acceptors (Lipinski definition) is 2. The predicted molar refractivity (Wildman–Crippen MR) is 88.6 cm³/mol. The van der Waals surface area contributed by atoms with Crippen LogP contribution in [0.3, 0.4) is 0 Å². The Hall–Kier alpha value is -1.13. The highest BCUT2D eigenvalue weighted by molar-refractivity contribution is 6.33. The maximum absolute atomic E-state index is 13.0. The van der Waals surface area contributed by atoms with Gasteiger partial charge in [-0.15, -0.1) is 0 Å². The molecule has 122 valence electrons. The quantitative estimate of drug-likeness (QED) is 0.869. The lowest BCUT2D eigenvalue weighted by atomic mass is 9.78. The summed E-state index contributed by atoms with van der Waals surface area (Å²) in [6.45, 7) is 6.35. The van der Waals surface area contributed by atoms with E-state index in [0.29, 0.717) is 23.6 Å². The first-order valence-electron chi connectivity index (χ1n) is 7.90. The molecule has 2 N–H and O–H groups in total. The summed E-state index contributed by atoms with van der Waals surface area (Å²) in [5.74, 6) is 0.657. The van der Waals surface area contributed by atoms with E-state index in [0.717, 1.165) is 6.42 Å². The average molecular weight is 327 g/mol. The van der Waals surface area contributed by atoms with Gasteiger partial charge in [0.15, 0.2) is 0 Å². The zero-order chi connectivity index (χ0) is 16.3. The minimum atomic E-state index is -0.417. The Morgan fingerprint density at radius 2 is 2.09 bits per heavy atom. The van der Waals surface area contributed by atoms with Crippen molar-refractivity contribution in [1.29, 1.82) is 0 Å². The van der Waals surface area contributed by atoms with Crippen molar-refractivity contribution in [2.45, 2.75) is 52.1 Å². The number of nitrogens with one attached hydrogen (secondary N) is 2. The van der Waals surface area contributed by atoms with Crippen molar-refractivity contribution in [3.63, 3.8) is 0 Å². The number of halogens is 2. The second-order valence-corrected chi connectivity index (χ2v) is 6.78. The molecular formula is C17H24ClFN2O. The van der Waals surface area contributed by atoms with Gasteiger partial charge in [-0.1, -0.05) is 38.3 Å². The molecule has 1 amide bonds. The monoisotopic (exact) mass is 326 g/mol. The van der Waals surface area contributed by atoms with Gasteiger partial charge in [0.1, 0.15) is 5.82 Å². The van der Waals surface area contributed by atoms with Gasteiger partial charge < -0.3 is 10.6 Å². The lowest BCUT2D eigenvalue weighted by Crippen LogP contribution is -2.49. The fourth-order valence-corrected chi connectivity index (χ4v) is 3.26. The van der Waals surface area contributed by atoms with Crippen molar-refractivity contribution >= 4 is 23.2 Å². The Labute approximate surface area is 136 Å². The SMILES string of the molecule is C[C@@H]1[C@H](C)CCC[C@H]1N[C@@H](C)C(=O)Nc1ccc(F)cc1Cl. The Kier molecular flexibility index (Phi) is 5.81. The zero-order valence-electron chi connectivity index (χ0n) is 13.3. The summed E-state index contributed by atoms with van der Waals surface area (Å²) in [6, 6.07) is 3.99. The predicted octanol–water partition coefficient (Wildman–Crippen LogP) is 4.22. The van der Waals surface area contributed by atoms with E-state index in [1.165, 1.54) is 31.0 Å². The number of amides is 1. The largest absolute Gasteiger partial charge is 0.323 e. The van der Waals surface area contributed by atoms with Crippen LogP contribution in [0.25, 0.3) is 0 Å². The molecule has 1 fully saturated rings. The summed E-state index contributed by atoms with van der Waals surface area (Å²) in [5.41, 5.74) is 0.437. The number of anilines is 1. The van der Waals surface area contributed by atoms with Gasteiger partial charge in [0.2, 0.25) is 5.91 Å². The van der Waals surface area contributed by atoms with Gasteiger partial charge in [-0.05, 0) is 43.4 Å². The molecule has 22 heavy (non-hydrogen) atoms. The minimum Gasteiger partial charge on any atom is -0.323 e. The molecule has 1 saturated carbocycles. The van der Waals surface area contributed by atoms with Crippen LogP contribution in [0.15, 0.2) is 18.2 Å². The number of carbonyl (C=O) groups excluding carboxylic acids is 1. The van der Waals surface area contributed by atoms with Crippen LogP contribution in [0.4, 0.5) is 10.1 Å². The Bertz CT molecular complexity index is 537. The van der Waals surface area contributed by atoms with Crippen molar-refractivity contribution in [3.8, 4) is 0 Å². The van der Waals surface area contributed by atoms with Crippen LogP contribution in [0.5, 0.6) is 0 Å². The van der Waals surface area contributed by atoms with E-state index in [9.17, 15) is 9.18 Å². The molecule has 4 atom stereocenters. The molecule has 2 rings (SSSR count). The van der Waals surface area contributed by atoms with Crippen molar-refractivity contribution in [3.05, 3.63) is 29.0 Å². The Morgan fingerprint density at radius 1 is 1.36 bits per heavy atom. The normalized spacial score (nSPS) is 26.5. The Morgan fingerprint density at radius 3 is 2.77 bits per heavy atom. The van der Waals surface area contributed by atoms with Crippen LogP contribution < -0.4 is 10.6 Å². The van der Waals surface area contributed by atoms with Crippen LogP contribution in [0.1, 0.15) is 40.0 Å². The van der Waals surface area contributed by atoms with Gasteiger partial charge in [-0.25, -0.2) is 4.39 Å². The van der Waals surface area contributed by atoms with E-state index in [1.807, 2.05) is 6.92 Å². The van der Waals surface area contributed by atoms with Gasteiger partial charge in [0.25, 0.3) is 0 Å². The fourth-order valence-electron chi connectivity index (χ4n) is 3.05. The summed E-state index contributed by atoms with van der Waals surface area (Å²) in [7, 11) is 0. The van der Waals surface area contributed by atoms with Crippen molar-refractivity contribution in [2.24, 2.45) is 11.8 Å². The molecule has 1 aliphatic carbocycles. The molecule has 0 aliphatic heterocycles. The van der Waals surface area contributed by atoms with Crippen LogP contribution in [0.2, 0.25) is 5.02 Å². The number of hydrogen-bond donors (Lipinski definition) is 2. The van der Waals surface area contributed by atoms with E-state index in [1.54, 1.807) is 0 Å².